The van der Waals surface area contributed by atoms with Gasteiger partial charge in [0.25, 0.3) is 0 Å². The molecule has 1 aromatic rings. The molecule has 1 heterocycles. The predicted molar refractivity (Wildman–Crippen MR) is 63.8 cm³/mol. The van der Waals surface area contributed by atoms with Gasteiger partial charge in [0.2, 0.25) is 0 Å². The molecule has 2 bridgehead atoms. The molecule has 1 aromatic carbocycles. The van der Waals surface area contributed by atoms with Gasteiger partial charge in [-0.05, 0) is 43.2 Å². The van der Waals surface area contributed by atoms with Crippen LogP contribution in [-0.4, -0.2) is 16.9 Å². The lowest BCUT2D eigenvalue weighted by molar-refractivity contribution is 0.0275. The molecule has 0 radical (unpaired) electrons. The van der Waals surface area contributed by atoms with Crippen LogP contribution in [0, 0.1) is 17.8 Å². The Labute approximate surface area is 100 Å². The Balaban J connectivity index is 1.72. The van der Waals surface area contributed by atoms with E-state index in [0.29, 0.717) is 23.7 Å². The topological polar surface area (TPSA) is 41.8 Å². The van der Waals surface area contributed by atoms with Gasteiger partial charge in [-0.25, -0.2) is 0 Å². The molecule has 3 nitrogen and oxygen atoms in total. The molecule has 0 amide bonds. The minimum absolute atomic E-state index is 0.303. The number of phenolic OH excluding ortho intramolecular Hbond substituents is 1. The molecule has 17 heavy (non-hydrogen) atoms. The van der Waals surface area contributed by atoms with E-state index in [1.54, 1.807) is 12.1 Å². The summed E-state index contributed by atoms with van der Waals surface area (Å²) in [5.74, 6) is 2.23. The van der Waals surface area contributed by atoms with Gasteiger partial charge in [-0.1, -0.05) is 17.3 Å². The van der Waals surface area contributed by atoms with Gasteiger partial charge < -0.3 is 9.94 Å². The maximum Gasteiger partial charge on any atom is 0.139 e. The highest BCUT2D eigenvalue weighted by molar-refractivity contribution is 6.03. The van der Waals surface area contributed by atoms with Crippen LogP contribution in [0.1, 0.15) is 24.8 Å². The molecule has 1 N–H and O–H groups in total. The van der Waals surface area contributed by atoms with Crippen LogP contribution in [0.5, 0.6) is 5.75 Å². The fraction of sp³-hybridized carbons (Fsp3) is 0.500. The molecule has 0 saturated heterocycles. The second-order valence-electron chi connectivity index (χ2n) is 5.46. The van der Waals surface area contributed by atoms with E-state index in [-0.39, 0.29) is 0 Å². The van der Waals surface area contributed by atoms with Crippen molar-refractivity contribution in [3.8, 4) is 5.75 Å². The van der Waals surface area contributed by atoms with E-state index in [0.717, 1.165) is 17.2 Å². The van der Waals surface area contributed by atoms with E-state index in [4.69, 9.17) is 4.84 Å². The van der Waals surface area contributed by atoms with Gasteiger partial charge in [-0.15, -0.1) is 0 Å². The second kappa shape index (κ2) is 3.25. The van der Waals surface area contributed by atoms with Crippen LogP contribution in [0.15, 0.2) is 29.4 Å². The zero-order valence-corrected chi connectivity index (χ0v) is 9.54. The number of benzene rings is 1. The summed E-state index contributed by atoms with van der Waals surface area (Å²) in [5, 5.41) is 13.8. The fourth-order valence-corrected chi connectivity index (χ4v) is 3.86. The maximum atomic E-state index is 9.55. The number of nitrogens with zero attached hydrogens (tertiary/aromatic N) is 1. The molecular formula is C14H15NO2. The first kappa shape index (κ1) is 9.51. The predicted octanol–water partition coefficient (Wildman–Crippen LogP) is 2.54. The Morgan fingerprint density at radius 2 is 2.12 bits per heavy atom. The Morgan fingerprint density at radius 3 is 3.00 bits per heavy atom. The largest absolute Gasteiger partial charge is 0.508 e. The summed E-state index contributed by atoms with van der Waals surface area (Å²) in [7, 11) is 0. The monoisotopic (exact) mass is 229 g/mol. The van der Waals surface area contributed by atoms with E-state index >= 15 is 0 Å². The number of hydrogen-bond acceptors (Lipinski definition) is 3. The van der Waals surface area contributed by atoms with E-state index < -0.39 is 0 Å². The lowest BCUT2D eigenvalue weighted by Gasteiger charge is -2.23. The van der Waals surface area contributed by atoms with Crippen molar-refractivity contribution >= 4 is 5.71 Å². The van der Waals surface area contributed by atoms with Gasteiger partial charge in [-0.2, -0.15) is 0 Å². The first-order valence-electron chi connectivity index (χ1n) is 6.36. The summed E-state index contributed by atoms with van der Waals surface area (Å²) < 4.78 is 0. The molecule has 0 unspecified atom stereocenters. The Morgan fingerprint density at radius 1 is 1.24 bits per heavy atom. The highest BCUT2D eigenvalue weighted by atomic mass is 16.6. The van der Waals surface area contributed by atoms with Crippen LogP contribution >= 0.6 is 0 Å². The van der Waals surface area contributed by atoms with Crippen LogP contribution in [0.2, 0.25) is 0 Å². The molecule has 4 rings (SSSR count). The minimum Gasteiger partial charge on any atom is -0.508 e. The van der Waals surface area contributed by atoms with Crippen molar-refractivity contribution in [3.63, 3.8) is 0 Å². The zero-order valence-electron chi connectivity index (χ0n) is 9.54. The molecule has 0 spiro atoms. The van der Waals surface area contributed by atoms with Gasteiger partial charge in [0, 0.05) is 11.5 Å². The molecule has 3 aliphatic rings. The van der Waals surface area contributed by atoms with E-state index in [1.165, 1.54) is 19.3 Å². The minimum atomic E-state index is 0.303. The van der Waals surface area contributed by atoms with Gasteiger partial charge >= 0.3 is 0 Å². The van der Waals surface area contributed by atoms with E-state index in [9.17, 15) is 5.11 Å². The number of rotatable bonds is 1. The molecule has 2 fully saturated rings. The quantitative estimate of drug-likeness (QED) is 0.804. The van der Waals surface area contributed by atoms with Gasteiger partial charge in [0.15, 0.2) is 0 Å². The van der Waals surface area contributed by atoms with Crippen LogP contribution in [0.25, 0.3) is 0 Å². The Kier molecular flexibility index (Phi) is 1.82. The van der Waals surface area contributed by atoms with Crippen molar-refractivity contribution < 1.29 is 9.94 Å². The lowest BCUT2D eigenvalue weighted by atomic mass is 9.81. The molecule has 2 aliphatic carbocycles. The van der Waals surface area contributed by atoms with Crippen molar-refractivity contribution in [2.24, 2.45) is 22.9 Å². The second-order valence-corrected chi connectivity index (χ2v) is 5.46. The van der Waals surface area contributed by atoms with E-state index in [1.807, 2.05) is 12.1 Å². The van der Waals surface area contributed by atoms with Crippen LogP contribution in [-0.2, 0) is 4.84 Å². The number of aromatic hydroxyl groups is 1. The fourth-order valence-electron chi connectivity index (χ4n) is 3.86. The molecule has 88 valence electrons. The van der Waals surface area contributed by atoms with Crippen molar-refractivity contribution in [1.82, 2.24) is 0 Å². The summed E-state index contributed by atoms with van der Waals surface area (Å²) in [6.07, 6.45) is 4.22. The molecule has 4 atom stereocenters. The maximum absolute atomic E-state index is 9.55. The number of hydrogen-bond donors (Lipinski definition) is 1. The molecule has 2 saturated carbocycles. The number of phenols is 1. The average molecular weight is 229 g/mol. The van der Waals surface area contributed by atoms with Crippen molar-refractivity contribution in [1.29, 1.82) is 0 Å². The zero-order chi connectivity index (χ0) is 11.4. The van der Waals surface area contributed by atoms with Gasteiger partial charge in [0.1, 0.15) is 11.9 Å². The first-order valence-corrected chi connectivity index (χ1v) is 6.36. The SMILES string of the molecule is Oc1cccc(C2=NO[C@H]3[C@@H]4CC[C@@H](C4)[C@@H]23)c1. The summed E-state index contributed by atoms with van der Waals surface area (Å²) >= 11 is 0. The summed E-state index contributed by atoms with van der Waals surface area (Å²) in [4.78, 5) is 5.62. The first-order chi connectivity index (χ1) is 8.33. The third kappa shape index (κ3) is 1.25. The number of oxime groups is 1. The standard InChI is InChI=1S/C14H15NO2/c16-11-3-1-2-9(7-11)13-12-8-4-5-10(6-8)14(12)17-15-13/h1-3,7-8,10,12,14,16H,4-6H2/t8-,10+,12-,14-/m0/s1. The van der Waals surface area contributed by atoms with Gasteiger partial charge in [-0.3, -0.25) is 0 Å². The number of fused-ring (bicyclic) bond motifs is 5. The van der Waals surface area contributed by atoms with Crippen LogP contribution in [0.4, 0.5) is 0 Å². The lowest BCUT2D eigenvalue weighted by Crippen LogP contribution is -2.29. The third-order valence-electron chi connectivity index (χ3n) is 4.57. The molecular weight excluding hydrogens is 214 g/mol. The summed E-state index contributed by atoms with van der Waals surface area (Å²) in [5.41, 5.74) is 2.07. The summed E-state index contributed by atoms with van der Waals surface area (Å²) in [6.45, 7) is 0. The Bertz CT molecular complexity index is 497. The Hall–Kier alpha value is -1.51. The highest BCUT2D eigenvalue weighted by Gasteiger charge is 2.54. The van der Waals surface area contributed by atoms with Crippen LogP contribution < -0.4 is 0 Å². The van der Waals surface area contributed by atoms with Crippen molar-refractivity contribution in [2.75, 3.05) is 0 Å². The smallest absolute Gasteiger partial charge is 0.139 e. The summed E-state index contributed by atoms with van der Waals surface area (Å²) in [6, 6.07) is 7.36. The third-order valence-corrected chi connectivity index (χ3v) is 4.57. The molecule has 1 aliphatic heterocycles. The van der Waals surface area contributed by atoms with Crippen molar-refractivity contribution in [3.05, 3.63) is 29.8 Å². The normalized spacial score (nSPS) is 37.8. The molecule has 0 aromatic heterocycles. The average Bonchev–Trinajstić information content (AvgIpc) is 3.02. The van der Waals surface area contributed by atoms with Crippen molar-refractivity contribution in [2.45, 2.75) is 25.4 Å². The van der Waals surface area contributed by atoms with E-state index in [2.05, 4.69) is 5.16 Å². The van der Waals surface area contributed by atoms with Gasteiger partial charge in [0.05, 0.1) is 5.71 Å². The van der Waals surface area contributed by atoms with Crippen LogP contribution in [0.3, 0.4) is 0 Å². The molecule has 3 heteroatoms. The highest BCUT2D eigenvalue weighted by Crippen LogP contribution is 2.53.